The van der Waals surface area contributed by atoms with Gasteiger partial charge in [0.25, 0.3) is 5.91 Å². The lowest BCUT2D eigenvalue weighted by molar-refractivity contribution is -0.131. The van der Waals surface area contributed by atoms with Crippen LogP contribution in [-0.4, -0.2) is 37.7 Å². The van der Waals surface area contributed by atoms with Crippen LogP contribution in [0.15, 0.2) is 65.1 Å². The molecule has 1 N–H and O–H groups in total. The molecule has 1 amide bonds. The minimum Gasteiger partial charge on any atom is -0.489 e. The van der Waals surface area contributed by atoms with Crippen molar-refractivity contribution in [2.24, 2.45) is 0 Å². The number of ketones is 2. The number of methoxy groups -OCH3 is 2. The number of hydrogen-bond donors (Lipinski definition) is 1. The summed E-state index contributed by atoms with van der Waals surface area (Å²) in [4.78, 5) is 50.2. The molecule has 9 heteroatoms. The number of nitrogens with zero attached hydrogens (tertiary/aromatic N) is 1. The molecule has 0 unspecified atom stereocenters. The van der Waals surface area contributed by atoms with Gasteiger partial charge in [0.15, 0.2) is 0 Å². The van der Waals surface area contributed by atoms with E-state index >= 15 is 0 Å². The maximum absolute atomic E-state index is 13.0. The quantitative estimate of drug-likeness (QED) is 0.367. The van der Waals surface area contributed by atoms with E-state index < -0.39 is 23.4 Å². The molecular formula is C26H22N2O7. The van der Waals surface area contributed by atoms with Crippen molar-refractivity contribution in [1.29, 1.82) is 5.26 Å². The van der Waals surface area contributed by atoms with Gasteiger partial charge in [0.2, 0.25) is 23.1 Å². The van der Waals surface area contributed by atoms with E-state index in [0.29, 0.717) is 16.8 Å². The molecule has 0 aromatic heterocycles. The summed E-state index contributed by atoms with van der Waals surface area (Å²) in [6.07, 6.45) is 0.0256. The Morgan fingerprint density at radius 1 is 0.971 bits per heavy atom. The fourth-order valence-electron chi connectivity index (χ4n) is 3.54. The third-order valence-corrected chi connectivity index (χ3v) is 5.29. The standard InChI is InChI=1S/C26H22N2O7/c1-14-19(23(31)25(34-4)24(33-3)22(14)30)11-17-7-10-21(35-15(2)29)20(12-17)26(32)28-18-8-5-16(13-27)6-9-18/h5-10,12H,11H2,1-4H3,(H,28,32). The number of esters is 1. The maximum Gasteiger partial charge on any atom is 0.308 e. The van der Waals surface area contributed by atoms with E-state index in [2.05, 4.69) is 5.32 Å². The predicted molar refractivity (Wildman–Crippen MR) is 124 cm³/mol. The van der Waals surface area contributed by atoms with Crippen molar-refractivity contribution in [1.82, 2.24) is 0 Å². The molecule has 0 atom stereocenters. The summed E-state index contributed by atoms with van der Waals surface area (Å²) < 4.78 is 15.3. The summed E-state index contributed by atoms with van der Waals surface area (Å²) in [6.45, 7) is 2.73. The highest BCUT2D eigenvalue weighted by molar-refractivity contribution is 6.23. The number of Topliss-reactive ketones (excluding diaryl/α,β-unsaturated/α-hetero) is 2. The number of rotatable bonds is 7. The molecule has 3 rings (SSSR count). The summed E-state index contributed by atoms with van der Waals surface area (Å²) in [5, 5.41) is 11.6. The number of allylic oxidation sites excluding steroid dienone is 2. The first-order valence-electron chi connectivity index (χ1n) is 10.4. The van der Waals surface area contributed by atoms with E-state index in [1.54, 1.807) is 30.3 Å². The lowest BCUT2D eigenvalue weighted by Crippen LogP contribution is -2.26. The third-order valence-electron chi connectivity index (χ3n) is 5.29. The lowest BCUT2D eigenvalue weighted by atomic mass is 9.88. The number of nitriles is 1. The number of amides is 1. The molecule has 0 saturated carbocycles. The van der Waals surface area contributed by atoms with Gasteiger partial charge in [0.1, 0.15) is 5.75 Å². The summed E-state index contributed by atoms with van der Waals surface area (Å²) >= 11 is 0. The van der Waals surface area contributed by atoms with Gasteiger partial charge in [-0.3, -0.25) is 19.2 Å². The Kier molecular flexibility index (Phi) is 7.46. The molecule has 0 spiro atoms. The Morgan fingerprint density at radius 3 is 2.17 bits per heavy atom. The van der Waals surface area contributed by atoms with Crippen molar-refractivity contribution in [3.05, 3.63) is 81.8 Å². The third kappa shape index (κ3) is 5.28. The van der Waals surface area contributed by atoms with Crippen molar-refractivity contribution < 1.29 is 33.4 Å². The molecule has 9 nitrogen and oxygen atoms in total. The molecule has 0 fully saturated rings. The maximum atomic E-state index is 13.0. The molecular weight excluding hydrogens is 452 g/mol. The van der Waals surface area contributed by atoms with E-state index in [1.807, 2.05) is 6.07 Å². The predicted octanol–water partition coefficient (Wildman–Crippen LogP) is 3.25. The number of nitrogens with one attached hydrogen (secondary N) is 1. The highest BCUT2D eigenvalue weighted by Crippen LogP contribution is 2.30. The van der Waals surface area contributed by atoms with Crippen molar-refractivity contribution in [2.75, 3.05) is 19.5 Å². The van der Waals surface area contributed by atoms with E-state index in [9.17, 15) is 19.2 Å². The van der Waals surface area contributed by atoms with Gasteiger partial charge in [-0.1, -0.05) is 6.07 Å². The summed E-state index contributed by atoms with van der Waals surface area (Å²) in [5.41, 5.74) is 1.85. The van der Waals surface area contributed by atoms with Gasteiger partial charge in [0.05, 0.1) is 31.4 Å². The fraction of sp³-hybridized carbons (Fsp3) is 0.192. The smallest absolute Gasteiger partial charge is 0.308 e. The molecule has 0 heterocycles. The molecule has 0 radical (unpaired) electrons. The van der Waals surface area contributed by atoms with Crippen LogP contribution in [0.5, 0.6) is 5.75 Å². The SMILES string of the molecule is COC1=C(OC)C(=O)C(Cc2ccc(OC(C)=O)c(C(=O)Nc3ccc(C#N)cc3)c2)=C(C)C1=O. The van der Waals surface area contributed by atoms with Gasteiger partial charge < -0.3 is 19.5 Å². The number of carbonyl (C=O) groups is 4. The monoisotopic (exact) mass is 474 g/mol. The van der Waals surface area contributed by atoms with E-state index in [4.69, 9.17) is 19.5 Å². The largest absolute Gasteiger partial charge is 0.489 e. The zero-order valence-corrected chi connectivity index (χ0v) is 19.6. The van der Waals surface area contributed by atoms with Crippen LogP contribution in [0.4, 0.5) is 5.69 Å². The van der Waals surface area contributed by atoms with Gasteiger partial charge in [0, 0.05) is 30.2 Å². The van der Waals surface area contributed by atoms with Crippen molar-refractivity contribution in [3.63, 3.8) is 0 Å². The number of benzene rings is 2. The molecule has 1 aliphatic rings. The van der Waals surface area contributed by atoms with Crippen LogP contribution in [-0.2, 0) is 30.3 Å². The average molecular weight is 474 g/mol. The van der Waals surface area contributed by atoms with E-state index in [-0.39, 0.29) is 40.4 Å². The first-order chi connectivity index (χ1) is 16.7. The van der Waals surface area contributed by atoms with Crippen LogP contribution in [0.1, 0.15) is 35.3 Å². The Hall–Kier alpha value is -4.71. The first-order valence-corrected chi connectivity index (χ1v) is 10.4. The molecule has 0 bridgehead atoms. The number of hydrogen-bond acceptors (Lipinski definition) is 8. The minimum absolute atomic E-state index is 0.0256. The Labute approximate surface area is 201 Å². The summed E-state index contributed by atoms with van der Waals surface area (Å²) in [5.74, 6) is -2.45. The summed E-state index contributed by atoms with van der Waals surface area (Å²) in [7, 11) is 2.56. The molecule has 35 heavy (non-hydrogen) atoms. The van der Waals surface area contributed by atoms with Crippen LogP contribution >= 0.6 is 0 Å². The molecule has 1 aliphatic carbocycles. The van der Waals surface area contributed by atoms with Crippen molar-refractivity contribution >= 4 is 29.1 Å². The van der Waals surface area contributed by atoms with E-state index in [0.717, 1.165) is 0 Å². The topological polar surface area (TPSA) is 132 Å². The fourth-order valence-corrected chi connectivity index (χ4v) is 3.54. The second kappa shape index (κ2) is 10.5. The van der Waals surface area contributed by atoms with Crippen LogP contribution in [0.2, 0.25) is 0 Å². The van der Waals surface area contributed by atoms with Crippen LogP contribution in [0, 0.1) is 11.3 Å². The summed E-state index contributed by atoms with van der Waals surface area (Å²) in [6, 6.07) is 12.8. The highest BCUT2D eigenvalue weighted by Gasteiger charge is 2.34. The minimum atomic E-state index is -0.612. The Balaban J connectivity index is 1.96. The number of carbonyl (C=O) groups excluding carboxylic acids is 4. The van der Waals surface area contributed by atoms with Gasteiger partial charge in [-0.15, -0.1) is 0 Å². The van der Waals surface area contributed by atoms with Crippen LogP contribution in [0.3, 0.4) is 0 Å². The van der Waals surface area contributed by atoms with Crippen molar-refractivity contribution in [3.8, 4) is 11.8 Å². The van der Waals surface area contributed by atoms with E-state index in [1.165, 1.54) is 40.2 Å². The normalized spacial score (nSPS) is 13.3. The molecule has 0 saturated heterocycles. The molecule has 178 valence electrons. The van der Waals surface area contributed by atoms with Gasteiger partial charge in [-0.25, -0.2) is 0 Å². The zero-order chi connectivity index (χ0) is 25.7. The molecule has 2 aromatic carbocycles. The highest BCUT2D eigenvalue weighted by atomic mass is 16.5. The Bertz CT molecular complexity index is 1330. The number of anilines is 1. The Morgan fingerprint density at radius 2 is 1.60 bits per heavy atom. The van der Waals surface area contributed by atoms with Crippen LogP contribution < -0.4 is 10.1 Å². The van der Waals surface area contributed by atoms with Gasteiger partial charge >= 0.3 is 5.97 Å². The van der Waals surface area contributed by atoms with Gasteiger partial charge in [-0.2, -0.15) is 5.26 Å². The molecule has 0 aliphatic heterocycles. The van der Waals surface area contributed by atoms with Gasteiger partial charge in [-0.05, 0) is 48.9 Å². The molecule has 2 aromatic rings. The first kappa shape index (κ1) is 24.9. The van der Waals surface area contributed by atoms with Crippen LogP contribution in [0.25, 0.3) is 0 Å². The van der Waals surface area contributed by atoms with Crippen molar-refractivity contribution in [2.45, 2.75) is 20.3 Å². The number of ether oxygens (including phenoxy) is 3. The lowest BCUT2D eigenvalue weighted by Gasteiger charge is -2.20. The second-order valence-electron chi connectivity index (χ2n) is 7.57. The second-order valence-corrected chi connectivity index (χ2v) is 7.57. The zero-order valence-electron chi connectivity index (χ0n) is 19.6. The average Bonchev–Trinajstić information content (AvgIpc) is 2.84.